The highest BCUT2D eigenvalue weighted by Gasteiger charge is 2.44. The molecule has 0 amide bonds. The molecule has 2 aromatic rings. The zero-order valence-corrected chi connectivity index (χ0v) is 13.4. The molecule has 2 aromatic heterocycles. The first kappa shape index (κ1) is 16.8. The maximum absolute atomic E-state index is 10.2. The molecule has 9 heteroatoms. The van der Waals surface area contributed by atoms with Crippen molar-refractivity contribution >= 4 is 23.1 Å². The summed E-state index contributed by atoms with van der Waals surface area (Å²) in [6, 6.07) is 0. The van der Waals surface area contributed by atoms with Crippen molar-refractivity contribution in [3.05, 3.63) is 18.2 Å². The molecule has 0 aromatic carbocycles. The monoisotopic (exact) mass is 335 g/mol. The molecule has 3 heterocycles. The highest BCUT2D eigenvalue weighted by atomic mass is 16.6. The molecule has 1 aliphatic rings. The third kappa shape index (κ3) is 2.86. The van der Waals surface area contributed by atoms with Gasteiger partial charge in [0.05, 0.1) is 12.9 Å². The van der Waals surface area contributed by atoms with Crippen LogP contribution in [0.4, 0.5) is 5.82 Å². The molecule has 1 aliphatic heterocycles. The first-order valence-electron chi connectivity index (χ1n) is 7.73. The number of imidazole rings is 1. The SMILES string of the molecule is CC(C)C=Cc1nc(N)c2ncn([C@@H]3O[C@H](CO)[C@@H](O)[C@H]3O)c2n1. The van der Waals surface area contributed by atoms with Gasteiger partial charge in [0, 0.05) is 0 Å². The smallest absolute Gasteiger partial charge is 0.168 e. The van der Waals surface area contributed by atoms with Crippen LogP contribution in [0.15, 0.2) is 12.4 Å². The van der Waals surface area contributed by atoms with Crippen molar-refractivity contribution in [2.45, 2.75) is 38.4 Å². The summed E-state index contributed by atoms with van der Waals surface area (Å²) in [5.41, 5.74) is 6.71. The lowest BCUT2D eigenvalue weighted by Gasteiger charge is -2.16. The van der Waals surface area contributed by atoms with Gasteiger partial charge in [-0.15, -0.1) is 0 Å². The third-order valence-corrected chi connectivity index (χ3v) is 3.89. The van der Waals surface area contributed by atoms with Crippen LogP contribution in [-0.4, -0.2) is 59.8 Å². The Morgan fingerprint density at radius 1 is 1.33 bits per heavy atom. The summed E-state index contributed by atoms with van der Waals surface area (Å²) in [5.74, 6) is 0.965. The number of ether oxygens (including phenoxy) is 1. The topological polar surface area (TPSA) is 140 Å². The van der Waals surface area contributed by atoms with Crippen LogP contribution < -0.4 is 5.73 Å². The van der Waals surface area contributed by atoms with E-state index in [2.05, 4.69) is 15.0 Å². The first-order chi connectivity index (χ1) is 11.4. The van der Waals surface area contributed by atoms with E-state index in [1.165, 1.54) is 10.9 Å². The largest absolute Gasteiger partial charge is 0.394 e. The zero-order chi connectivity index (χ0) is 17.4. The van der Waals surface area contributed by atoms with Crippen molar-refractivity contribution in [2.75, 3.05) is 12.3 Å². The molecule has 9 nitrogen and oxygen atoms in total. The molecule has 3 rings (SSSR count). The number of anilines is 1. The normalized spacial score (nSPS) is 27.8. The number of rotatable bonds is 4. The summed E-state index contributed by atoms with van der Waals surface area (Å²) in [6.07, 6.45) is 0.914. The van der Waals surface area contributed by atoms with Gasteiger partial charge in [-0.25, -0.2) is 15.0 Å². The second kappa shape index (κ2) is 6.44. The van der Waals surface area contributed by atoms with Crippen molar-refractivity contribution in [3.63, 3.8) is 0 Å². The van der Waals surface area contributed by atoms with E-state index in [9.17, 15) is 15.3 Å². The predicted molar refractivity (Wildman–Crippen MR) is 86.6 cm³/mol. The molecule has 0 bridgehead atoms. The van der Waals surface area contributed by atoms with Gasteiger partial charge in [-0.2, -0.15) is 0 Å². The molecule has 0 radical (unpaired) electrons. The number of nitrogens with zero attached hydrogens (tertiary/aromatic N) is 4. The summed E-state index contributed by atoms with van der Waals surface area (Å²) < 4.78 is 7.01. The average molecular weight is 335 g/mol. The minimum atomic E-state index is -1.22. The Labute approximate surface area is 138 Å². The van der Waals surface area contributed by atoms with Crippen LogP contribution in [0.3, 0.4) is 0 Å². The maximum atomic E-state index is 10.2. The Morgan fingerprint density at radius 3 is 2.71 bits per heavy atom. The number of nitrogen functional groups attached to an aromatic ring is 1. The van der Waals surface area contributed by atoms with E-state index in [4.69, 9.17) is 10.5 Å². The molecule has 0 unspecified atom stereocenters. The Bertz CT molecular complexity index is 760. The average Bonchev–Trinajstić information content (AvgIpc) is 3.08. The second-order valence-corrected chi connectivity index (χ2v) is 6.12. The van der Waals surface area contributed by atoms with E-state index >= 15 is 0 Å². The summed E-state index contributed by atoms with van der Waals surface area (Å²) in [4.78, 5) is 12.8. The van der Waals surface area contributed by atoms with Crippen LogP contribution in [-0.2, 0) is 4.74 Å². The standard InChI is InChI=1S/C15H21N5O4/c1-7(2)3-4-9-18-13(16)10-14(19-9)20(6-17-10)15-12(23)11(22)8(5-21)24-15/h3-4,6-8,11-12,15,21-23H,5H2,1-2H3,(H2,16,18,19)/t8-,11-,12-,15-/m1/s1. The van der Waals surface area contributed by atoms with Gasteiger partial charge in [0.2, 0.25) is 0 Å². The fourth-order valence-electron chi connectivity index (χ4n) is 2.60. The molecule has 4 atom stereocenters. The fraction of sp³-hybridized carbons (Fsp3) is 0.533. The molecule has 24 heavy (non-hydrogen) atoms. The molecule has 1 fully saturated rings. The maximum Gasteiger partial charge on any atom is 0.168 e. The van der Waals surface area contributed by atoms with E-state index in [-0.39, 0.29) is 5.82 Å². The summed E-state index contributed by atoms with van der Waals surface area (Å²) in [6.45, 7) is 3.66. The van der Waals surface area contributed by atoms with E-state index in [1.807, 2.05) is 19.9 Å². The summed E-state index contributed by atoms with van der Waals surface area (Å²) >= 11 is 0. The zero-order valence-electron chi connectivity index (χ0n) is 13.4. The number of allylic oxidation sites excluding steroid dienone is 1. The lowest BCUT2D eigenvalue weighted by Crippen LogP contribution is -2.33. The third-order valence-electron chi connectivity index (χ3n) is 3.89. The van der Waals surface area contributed by atoms with Gasteiger partial charge in [-0.05, 0) is 12.0 Å². The molecule has 0 aliphatic carbocycles. The van der Waals surface area contributed by atoms with Crippen molar-refractivity contribution in [2.24, 2.45) is 5.92 Å². The molecule has 0 saturated carbocycles. The van der Waals surface area contributed by atoms with Gasteiger partial charge in [-0.3, -0.25) is 4.57 Å². The number of hydrogen-bond donors (Lipinski definition) is 4. The Balaban J connectivity index is 2.03. The highest BCUT2D eigenvalue weighted by Crippen LogP contribution is 2.32. The highest BCUT2D eigenvalue weighted by molar-refractivity contribution is 5.82. The van der Waals surface area contributed by atoms with Crippen molar-refractivity contribution in [3.8, 4) is 0 Å². The molecule has 1 saturated heterocycles. The summed E-state index contributed by atoms with van der Waals surface area (Å²) in [7, 11) is 0. The van der Waals surface area contributed by atoms with Gasteiger partial charge in [0.25, 0.3) is 0 Å². The fourth-order valence-corrected chi connectivity index (χ4v) is 2.60. The quantitative estimate of drug-likeness (QED) is 0.596. The minimum Gasteiger partial charge on any atom is -0.394 e. The van der Waals surface area contributed by atoms with Gasteiger partial charge in [-0.1, -0.05) is 19.9 Å². The lowest BCUT2D eigenvalue weighted by atomic mass is 10.1. The van der Waals surface area contributed by atoms with Gasteiger partial charge in [0.1, 0.15) is 23.8 Å². The number of hydrogen-bond acceptors (Lipinski definition) is 8. The van der Waals surface area contributed by atoms with Gasteiger partial charge in [0.15, 0.2) is 23.5 Å². The van der Waals surface area contributed by atoms with Crippen LogP contribution in [0.2, 0.25) is 0 Å². The molecule has 0 spiro atoms. The Morgan fingerprint density at radius 2 is 2.08 bits per heavy atom. The Hall–Kier alpha value is -2.07. The molecular formula is C15H21N5O4. The van der Waals surface area contributed by atoms with E-state index in [1.54, 1.807) is 6.08 Å². The van der Waals surface area contributed by atoms with Gasteiger partial charge >= 0.3 is 0 Å². The predicted octanol–water partition coefficient (Wildman–Crippen LogP) is -0.311. The molecule has 130 valence electrons. The number of aliphatic hydroxyl groups is 3. The number of fused-ring (bicyclic) bond motifs is 1. The van der Waals surface area contributed by atoms with Crippen LogP contribution in [0.25, 0.3) is 17.2 Å². The minimum absolute atomic E-state index is 0.217. The van der Waals surface area contributed by atoms with E-state index in [0.717, 1.165) is 0 Å². The van der Waals surface area contributed by atoms with Crippen molar-refractivity contribution in [1.29, 1.82) is 0 Å². The van der Waals surface area contributed by atoms with Crippen molar-refractivity contribution in [1.82, 2.24) is 19.5 Å². The van der Waals surface area contributed by atoms with E-state index < -0.39 is 31.1 Å². The molecular weight excluding hydrogens is 314 g/mol. The number of aliphatic hydroxyl groups excluding tert-OH is 3. The number of aromatic nitrogens is 4. The lowest BCUT2D eigenvalue weighted by molar-refractivity contribution is -0.0511. The van der Waals surface area contributed by atoms with Crippen LogP contribution in [0.5, 0.6) is 0 Å². The Kier molecular flexibility index (Phi) is 4.50. The van der Waals surface area contributed by atoms with Crippen LogP contribution >= 0.6 is 0 Å². The summed E-state index contributed by atoms with van der Waals surface area (Å²) in [5, 5.41) is 29.3. The molecule has 5 N–H and O–H groups in total. The number of nitrogens with two attached hydrogens (primary N) is 1. The first-order valence-corrected chi connectivity index (χ1v) is 7.73. The van der Waals surface area contributed by atoms with Crippen LogP contribution in [0, 0.1) is 5.92 Å². The van der Waals surface area contributed by atoms with Gasteiger partial charge < -0.3 is 25.8 Å². The van der Waals surface area contributed by atoms with Crippen molar-refractivity contribution < 1.29 is 20.1 Å². The van der Waals surface area contributed by atoms with Crippen LogP contribution in [0.1, 0.15) is 25.9 Å². The second-order valence-electron chi connectivity index (χ2n) is 6.12. The van der Waals surface area contributed by atoms with E-state index in [0.29, 0.717) is 22.9 Å².